The first kappa shape index (κ1) is 20.6. The van der Waals surface area contributed by atoms with Crippen molar-refractivity contribution in [3.8, 4) is 11.1 Å². The number of thiophene rings is 1. The van der Waals surface area contributed by atoms with E-state index in [0.29, 0.717) is 32.4 Å². The van der Waals surface area contributed by atoms with Gasteiger partial charge in [0.2, 0.25) is 11.8 Å². The number of rotatable bonds is 6. The van der Waals surface area contributed by atoms with E-state index < -0.39 is 5.54 Å². The first-order valence-corrected chi connectivity index (χ1v) is 11.3. The SMILES string of the molecule is Cc1cccc(-c2csc([C@]3(C)CC(=O)N(CCCN4CCCC4=O)C(=N)N3)c2)c1. The molecular formula is C23H28N4O2S. The maximum atomic E-state index is 12.9. The summed E-state index contributed by atoms with van der Waals surface area (Å²) in [6.07, 6.45) is 2.55. The molecular weight excluding hydrogens is 396 g/mol. The minimum absolute atomic E-state index is 0.0421. The van der Waals surface area contributed by atoms with Gasteiger partial charge in [-0.05, 0) is 49.3 Å². The standard InChI is InChI=1S/C23H28N4O2S/c1-16-6-3-7-17(12-16)18-13-19(30-15-18)23(2)14-21(29)27(22(24)25-23)11-5-10-26-9-4-8-20(26)28/h3,6-7,12-13,15H,4-5,8-11,14H2,1-2H3,(H2,24,25)/t23-/m0/s1. The number of aryl methyl sites for hydroxylation is 1. The van der Waals surface area contributed by atoms with Crippen LogP contribution in [0, 0.1) is 12.3 Å². The van der Waals surface area contributed by atoms with Crippen molar-refractivity contribution in [1.82, 2.24) is 15.1 Å². The Labute approximate surface area is 181 Å². The fraction of sp³-hybridized carbons (Fsp3) is 0.435. The van der Waals surface area contributed by atoms with E-state index in [0.717, 1.165) is 29.0 Å². The highest BCUT2D eigenvalue weighted by Gasteiger charge is 2.40. The van der Waals surface area contributed by atoms with Crippen LogP contribution in [0.4, 0.5) is 0 Å². The third kappa shape index (κ3) is 4.12. The van der Waals surface area contributed by atoms with Gasteiger partial charge in [-0.3, -0.25) is 19.9 Å². The lowest BCUT2D eigenvalue weighted by Crippen LogP contribution is -2.59. The monoisotopic (exact) mass is 424 g/mol. The van der Waals surface area contributed by atoms with Crippen LogP contribution in [0.5, 0.6) is 0 Å². The smallest absolute Gasteiger partial charge is 0.232 e. The number of likely N-dealkylation sites (tertiary alicyclic amines) is 1. The molecule has 7 heteroatoms. The molecule has 0 bridgehead atoms. The van der Waals surface area contributed by atoms with Gasteiger partial charge in [-0.25, -0.2) is 0 Å². The van der Waals surface area contributed by atoms with Crippen molar-refractivity contribution in [2.24, 2.45) is 0 Å². The molecule has 0 radical (unpaired) electrons. The quantitative estimate of drug-likeness (QED) is 0.742. The van der Waals surface area contributed by atoms with Crippen molar-refractivity contribution in [2.45, 2.75) is 45.1 Å². The first-order chi connectivity index (χ1) is 14.4. The lowest BCUT2D eigenvalue weighted by molar-refractivity contribution is -0.130. The van der Waals surface area contributed by atoms with Crippen LogP contribution in [0.2, 0.25) is 0 Å². The molecule has 4 rings (SSSR count). The molecule has 30 heavy (non-hydrogen) atoms. The van der Waals surface area contributed by atoms with Crippen molar-refractivity contribution in [3.63, 3.8) is 0 Å². The van der Waals surface area contributed by atoms with Gasteiger partial charge in [0.15, 0.2) is 5.96 Å². The number of hydrogen-bond acceptors (Lipinski definition) is 4. The Morgan fingerprint density at radius 3 is 2.70 bits per heavy atom. The number of carbonyl (C=O) groups is 2. The van der Waals surface area contributed by atoms with Gasteiger partial charge < -0.3 is 10.2 Å². The Balaban J connectivity index is 1.41. The van der Waals surface area contributed by atoms with Crippen molar-refractivity contribution >= 4 is 29.1 Å². The zero-order valence-electron chi connectivity index (χ0n) is 17.5. The van der Waals surface area contributed by atoms with Gasteiger partial charge in [0.05, 0.1) is 12.0 Å². The van der Waals surface area contributed by atoms with Gasteiger partial charge in [-0.1, -0.05) is 29.8 Å². The maximum Gasteiger partial charge on any atom is 0.232 e. The number of benzene rings is 1. The van der Waals surface area contributed by atoms with Crippen molar-refractivity contribution in [1.29, 1.82) is 5.41 Å². The molecule has 2 aliphatic heterocycles. The zero-order chi connectivity index (χ0) is 21.3. The molecule has 1 aromatic heterocycles. The minimum atomic E-state index is -0.581. The molecule has 2 N–H and O–H groups in total. The summed E-state index contributed by atoms with van der Waals surface area (Å²) in [6.45, 7) is 5.99. The van der Waals surface area contributed by atoms with E-state index in [1.807, 2.05) is 11.8 Å². The van der Waals surface area contributed by atoms with E-state index in [4.69, 9.17) is 5.41 Å². The predicted molar refractivity (Wildman–Crippen MR) is 119 cm³/mol. The van der Waals surface area contributed by atoms with Gasteiger partial charge in [0.1, 0.15) is 0 Å². The molecule has 0 saturated carbocycles. The topological polar surface area (TPSA) is 76.5 Å². The van der Waals surface area contributed by atoms with Crippen LogP contribution in [0.15, 0.2) is 35.7 Å². The molecule has 0 spiro atoms. The summed E-state index contributed by atoms with van der Waals surface area (Å²) < 4.78 is 0. The second-order valence-electron chi connectivity index (χ2n) is 8.43. The van der Waals surface area contributed by atoms with Crippen LogP contribution in [0.3, 0.4) is 0 Å². The normalized spacial score (nSPS) is 22.0. The molecule has 2 aliphatic rings. The summed E-state index contributed by atoms with van der Waals surface area (Å²) in [7, 11) is 0. The summed E-state index contributed by atoms with van der Waals surface area (Å²) in [5.74, 6) is 0.300. The lowest BCUT2D eigenvalue weighted by atomic mass is 9.91. The second-order valence-corrected chi connectivity index (χ2v) is 9.35. The van der Waals surface area contributed by atoms with E-state index in [-0.39, 0.29) is 17.8 Å². The highest BCUT2D eigenvalue weighted by molar-refractivity contribution is 7.10. The van der Waals surface area contributed by atoms with Crippen molar-refractivity contribution in [2.75, 3.05) is 19.6 Å². The summed E-state index contributed by atoms with van der Waals surface area (Å²) >= 11 is 1.62. The molecule has 1 aromatic carbocycles. The molecule has 2 saturated heterocycles. The number of nitrogens with zero attached hydrogens (tertiary/aromatic N) is 2. The second kappa shape index (κ2) is 8.22. The first-order valence-electron chi connectivity index (χ1n) is 10.5. The van der Waals surface area contributed by atoms with Crippen LogP contribution < -0.4 is 5.32 Å². The lowest BCUT2D eigenvalue weighted by Gasteiger charge is -2.40. The largest absolute Gasteiger partial charge is 0.345 e. The number of carbonyl (C=O) groups excluding carboxylic acids is 2. The van der Waals surface area contributed by atoms with Crippen molar-refractivity contribution in [3.05, 3.63) is 46.2 Å². The van der Waals surface area contributed by atoms with Crippen molar-refractivity contribution < 1.29 is 9.59 Å². The van der Waals surface area contributed by atoms with E-state index in [1.54, 1.807) is 11.3 Å². The summed E-state index contributed by atoms with van der Waals surface area (Å²) in [5.41, 5.74) is 2.93. The average Bonchev–Trinajstić information content (AvgIpc) is 3.34. The molecule has 0 unspecified atom stereocenters. The third-order valence-corrected chi connectivity index (χ3v) is 7.14. The highest BCUT2D eigenvalue weighted by atomic mass is 32.1. The minimum Gasteiger partial charge on any atom is -0.345 e. The van der Waals surface area contributed by atoms with Gasteiger partial charge in [-0.15, -0.1) is 11.3 Å². The maximum absolute atomic E-state index is 12.9. The molecule has 2 amide bonds. The number of hydrogen-bond donors (Lipinski definition) is 2. The number of nitrogens with one attached hydrogen (secondary N) is 2. The van der Waals surface area contributed by atoms with Gasteiger partial charge >= 0.3 is 0 Å². The van der Waals surface area contributed by atoms with Crippen LogP contribution in [-0.4, -0.2) is 47.2 Å². The zero-order valence-corrected chi connectivity index (χ0v) is 18.3. The van der Waals surface area contributed by atoms with Gasteiger partial charge in [-0.2, -0.15) is 0 Å². The third-order valence-electron chi connectivity index (χ3n) is 5.95. The molecule has 3 heterocycles. The Hall–Kier alpha value is -2.67. The molecule has 158 valence electrons. The van der Waals surface area contributed by atoms with Gasteiger partial charge in [0.25, 0.3) is 0 Å². The predicted octanol–water partition coefficient (Wildman–Crippen LogP) is 3.71. The summed E-state index contributed by atoms with van der Waals surface area (Å²) in [4.78, 5) is 29.0. The van der Waals surface area contributed by atoms with E-state index >= 15 is 0 Å². The Morgan fingerprint density at radius 2 is 2.00 bits per heavy atom. The Bertz CT molecular complexity index is 965. The Kier molecular flexibility index (Phi) is 5.64. The fourth-order valence-electron chi connectivity index (χ4n) is 4.24. The fourth-order valence-corrected chi connectivity index (χ4v) is 5.28. The number of guanidine groups is 1. The highest BCUT2D eigenvalue weighted by Crippen LogP contribution is 2.36. The summed E-state index contributed by atoms with van der Waals surface area (Å²) in [6, 6.07) is 10.5. The van der Waals surface area contributed by atoms with E-state index in [1.165, 1.54) is 10.5 Å². The molecule has 2 fully saturated rings. The van der Waals surface area contributed by atoms with Crippen LogP contribution in [-0.2, 0) is 15.1 Å². The summed E-state index contributed by atoms with van der Waals surface area (Å²) in [5, 5.41) is 13.8. The number of amides is 2. The molecule has 0 aliphatic carbocycles. The Morgan fingerprint density at radius 1 is 1.17 bits per heavy atom. The van der Waals surface area contributed by atoms with Gasteiger partial charge in [0, 0.05) is 30.9 Å². The molecule has 1 atom stereocenters. The van der Waals surface area contributed by atoms with E-state index in [2.05, 4.69) is 48.0 Å². The average molecular weight is 425 g/mol. The van der Waals surface area contributed by atoms with Crippen LogP contribution >= 0.6 is 11.3 Å². The van der Waals surface area contributed by atoms with Crippen LogP contribution in [0.1, 0.15) is 43.0 Å². The van der Waals surface area contributed by atoms with Crippen LogP contribution in [0.25, 0.3) is 11.1 Å². The molecule has 6 nitrogen and oxygen atoms in total. The van der Waals surface area contributed by atoms with E-state index in [9.17, 15) is 9.59 Å². The molecule has 2 aromatic rings.